The lowest BCUT2D eigenvalue weighted by atomic mass is 9.95. The molecule has 5 heteroatoms. The van der Waals surface area contributed by atoms with Crippen molar-refractivity contribution < 1.29 is 19.1 Å². The number of benzene rings is 1. The summed E-state index contributed by atoms with van der Waals surface area (Å²) in [6, 6.07) is 7.49. The average molecular weight is 398 g/mol. The van der Waals surface area contributed by atoms with E-state index in [9.17, 15) is 9.59 Å². The molecule has 29 heavy (non-hydrogen) atoms. The first-order valence-corrected chi connectivity index (χ1v) is 10.5. The number of esters is 1. The lowest BCUT2D eigenvalue weighted by Crippen LogP contribution is -2.10. The zero-order chi connectivity index (χ0) is 21.2. The first-order chi connectivity index (χ1) is 14.0. The van der Waals surface area contributed by atoms with Gasteiger partial charge in [0, 0.05) is 23.7 Å². The van der Waals surface area contributed by atoms with Crippen LogP contribution in [0.3, 0.4) is 0 Å². The highest BCUT2D eigenvalue weighted by molar-refractivity contribution is 5.96. The Morgan fingerprint density at radius 3 is 2.17 bits per heavy atom. The van der Waals surface area contributed by atoms with Crippen LogP contribution in [0.2, 0.25) is 0 Å². The third-order valence-electron chi connectivity index (χ3n) is 4.61. The molecule has 0 amide bonds. The molecule has 0 unspecified atom stereocenters. The van der Waals surface area contributed by atoms with Gasteiger partial charge in [-0.15, -0.1) is 0 Å². The predicted molar refractivity (Wildman–Crippen MR) is 114 cm³/mol. The van der Waals surface area contributed by atoms with Gasteiger partial charge in [0.15, 0.2) is 5.78 Å². The Kier molecular flexibility index (Phi) is 8.84. The van der Waals surface area contributed by atoms with E-state index in [1.165, 1.54) is 0 Å². The number of carbonyl (C=O) groups excluding carboxylic acids is 2. The van der Waals surface area contributed by atoms with Gasteiger partial charge in [-0.1, -0.05) is 39.7 Å². The van der Waals surface area contributed by atoms with Gasteiger partial charge < -0.3 is 9.47 Å². The fourth-order valence-electron chi connectivity index (χ4n) is 3.28. The summed E-state index contributed by atoms with van der Waals surface area (Å²) in [5.41, 5.74) is 3.43. The van der Waals surface area contributed by atoms with Gasteiger partial charge in [-0.05, 0) is 49.1 Å². The molecule has 156 valence electrons. The van der Waals surface area contributed by atoms with Gasteiger partial charge in [-0.2, -0.15) is 0 Å². The summed E-state index contributed by atoms with van der Waals surface area (Å²) < 4.78 is 11.4. The van der Waals surface area contributed by atoms with Crippen LogP contribution in [0, 0.1) is 0 Å². The largest absolute Gasteiger partial charge is 0.466 e. The van der Waals surface area contributed by atoms with Crippen molar-refractivity contribution in [1.29, 1.82) is 0 Å². The minimum absolute atomic E-state index is 0.107. The number of rotatable bonds is 11. The van der Waals surface area contributed by atoms with Gasteiger partial charge in [0.05, 0.1) is 13.0 Å². The van der Waals surface area contributed by atoms with E-state index in [4.69, 9.17) is 9.47 Å². The topological polar surface area (TPSA) is 65.5 Å². The molecule has 5 nitrogen and oxygen atoms in total. The molecule has 0 radical (unpaired) electrons. The number of pyridine rings is 1. The monoisotopic (exact) mass is 397 g/mol. The van der Waals surface area contributed by atoms with Crippen LogP contribution in [0.1, 0.15) is 74.0 Å². The number of carbonyl (C=O) groups is 2. The van der Waals surface area contributed by atoms with Gasteiger partial charge in [0.25, 0.3) is 0 Å². The third-order valence-corrected chi connectivity index (χ3v) is 4.61. The zero-order valence-corrected chi connectivity index (χ0v) is 17.9. The van der Waals surface area contributed by atoms with Crippen LogP contribution < -0.4 is 4.74 Å². The third kappa shape index (κ3) is 6.14. The predicted octanol–water partition coefficient (Wildman–Crippen LogP) is 5.48. The van der Waals surface area contributed by atoms with E-state index in [1.807, 2.05) is 25.1 Å². The molecule has 1 aromatic carbocycles. The Morgan fingerprint density at radius 2 is 1.62 bits per heavy atom. The molecule has 2 aromatic rings. The second-order valence-corrected chi connectivity index (χ2v) is 6.95. The van der Waals surface area contributed by atoms with Crippen LogP contribution in [0.5, 0.6) is 11.6 Å². The van der Waals surface area contributed by atoms with E-state index in [2.05, 4.69) is 18.8 Å². The molecule has 0 N–H and O–H groups in total. The summed E-state index contributed by atoms with van der Waals surface area (Å²) >= 11 is 0. The lowest BCUT2D eigenvalue weighted by Gasteiger charge is -2.18. The summed E-state index contributed by atoms with van der Waals surface area (Å²) in [5.74, 6) is 0.985. The smallest absolute Gasteiger partial charge is 0.310 e. The SMILES string of the molecule is CCCc1cc(C(=O)CC)cc(CCC)c1Oc1ncccc1CC(=O)OCC. The Labute approximate surface area is 173 Å². The molecule has 0 spiro atoms. The Bertz CT molecular complexity index is 818. The minimum Gasteiger partial charge on any atom is -0.466 e. The first-order valence-electron chi connectivity index (χ1n) is 10.5. The van der Waals surface area contributed by atoms with Gasteiger partial charge in [0.1, 0.15) is 5.75 Å². The maximum atomic E-state index is 12.3. The van der Waals surface area contributed by atoms with Crippen molar-refractivity contribution in [3.05, 3.63) is 52.7 Å². The maximum Gasteiger partial charge on any atom is 0.310 e. The molecule has 1 aromatic heterocycles. The number of aromatic nitrogens is 1. The molecule has 0 atom stereocenters. The lowest BCUT2D eigenvalue weighted by molar-refractivity contribution is -0.142. The molecular formula is C24H31NO4. The molecule has 0 bridgehead atoms. The summed E-state index contributed by atoms with van der Waals surface area (Å²) in [7, 11) is 0. The molecule has 2 rings (SSSR count). The Morgan fingerprint density at radius 1 is 0.966 bits per heavy atom. The van der Waals surface area contributed by atoms with Crippen LogP contribution in [0.15, 0.2) is 30.5 Å². The van der Waals surface area contributed by atoms with Gasteiger partial charge in [-0.25, -0.2) is 4.98 Å². The number of hydrogen-bond donors (Lipinski definition) is 0. The summed E-state index contributed by atoms with van der Waals surface area (Å²) in [4.78, 5) is 28.7. The number of aryl methyl sites for hydroxylation is 2. The summed E-state index contributed by atoms with van der Waals surface area (Å²) in [6.45, 7) is 8.20. The van der Waals surface area contributed by atoms with Gasteiger partial charge in [0.2, 0.25) is 5.88 Å². The van der Waals surface area contributed by atoms with Crippen molar-refractivity contribution in [2.24, 2.45) is 0 Å². The fraction of sp³-hybridized carbons (Fsp3) is 0.458. The second kappa shape index (κ2) is 11.3. The van der Waals surface area contributed by atoms with E-state index in [-0.39, 0.29) is 18.2 Å². The molecular weight excluding hydrogens is 366 g/mol. The molecule has 0 fully saturated rings. The van der Waals surface area contributed by atoms with Crippen molar-refractivity contribution in [2.75, 3.05) is 6.61 Å². The van der Waals surface area contributed by atoms with E-state index >= 15 is 0 Å². The zero-order valence-electron chi connectivity index (χ0n) is 17.9. The maximum absolute atomic E-state index is 12.3. The molecule has 1 heterocycles. The van der Waals surface area contributed by atoms with Crippen molar-refractivity contribution in [3.8, 4) is 11.6 Å². The average Bonchev–Trinajstić information content (AvgIpc) is 2.71. The highest BCUT2D eigenvalue weighted by atomic mass is 16.5. The van der Waals surface area contributed by atoms with E-state index < -0.39 is 0 Å². The number of ether oxygens (including phenoxy) is 2. The highest BCUT2D eigenvalue weighted by Gasteiger charge is 2.18. The molecule has 0 aliphatic rings. The number of Topliss-reactive ketones (excluding diaryl/α,β-unsaturated/α-hetero) is 1. The molecule has 0 saturated heterocycles. The number of hydrogen-bond acceptors (Lipinski definition) is 5. The van der Waals surface area contributed by atoms with Crippen molar-refractivity contribution in [1.82, 2.24) is 4.98 Å². The van der Waals surface area contributed by atoms with Crippen molar-refractivity contribution in [2.45, 2.75) is 66.2 Å². The van der Waals surface area contributed by atoms with Crippen LogP contribution in [-0.4, -0.2) is 23.3 Å². The quantitative estimate of drug-likeness (QED) is 0.371. The number of ketones is 1. The molecule has 0 aliphatic heterocycles. The normalized spacial score (nSPS) is 10.6. The summed E-state index contributed by atoms with van der Waals surface area (Å²) in [6.07, 6.45) is 5.70. The van der Waals surface area contributed by atoms with E-state index in [0.717, 1.165) is 48.1 Å². The minimum atomic E-state index is -0.309. The van der Waals surface area contributed by atoms with Crippen molar-refractivity contribution in [3.63, 3.8) is 0 Å². The number of nitrogens with zero attached hydrogens (tertiary/aromatic N) is 1. The van der Waals surface area contributed by atoms with Crippen LogP contribution in [0.25, 0.3) is 0 Å². The second-order valence-electron chi connectivity index (χ2n) is 6.95. The Hall–Kier alpha value is -2.69. The Balaban J connectivity index is 2.48. The van der Waals surface area contributed by atoms with Gasteiger partial charge >= 0.3 is 5.97 Å². The standard InChI is InChI=1S/C24H31NO4/c1-5-10-17-14-20(21(26)7-3)15-18(11-6-2)23(17)29-24-19(12-9-13-25-24)16-22(27)28-8-4/h9,12-15H,5-8,10-11,16H2,1-4H3. The van der Waals surface area contributed by atoms with Crippen molar-refractivity contribution >= 4 is 11.8 Å². The van der Waals surface area contributed by atoms with Crippen LogP contribution in [0.4, 0.5) is 0 Å². The highest BCUT2D eigenvalue weighted by Crippen LogP contribution is 2.34. The fourth-order valence-corrected chi connectivity index (χ4v) is 3.28. The molecule has 0 saturated carbocycles. The van der Waals surface area contributed by atoms with Gasteiger partial charge in [-0.3, -0.25) is 9.59 Å². The van der Waals surface area contributed by atoms with Crippen LogP contribution >= 0.6 is 0 Å². The van der Waals surface area contributed by atoms with E-state index in [0.29, 0.717) is 24.5 Å². The summed E-state index contributed by atoms with van der Waals surface area (Å²) in [5, 5.41) is 0. The molecule has 0 aliphatic carbocycles. The van der Waals surface area contributed by atoms with Crippen LogP contribution in [-0.2, 0) is 28.8 Å². The van der Waals surface area contributed by atoms with E-state index in [1.54, 1.807) is 19.2 Å². The first kappa shape index (κ1) is 22.6.